The molecule has 6 heteroatoms. The maximum atomic E-state index is 13.3. The highest BCUT2D eigenvalue weighted by Crippen LogP contribution is 2.37. The van der Waals surface area contributed by atoms with Crippen LogP contribution in [0.5, 0.6) is 0 Å². The number of benzene rings is 3. The number of Topliss-reactive ketones (excluding diaryl/α,β-unsaturated/α-hetero) is 1. The molecule has 1 aliphatic rings. The number of carbonyl (C=O) groups is 4. The Labute approximate surface area is 197 Å². The van der Waals surface area contributed by atoms with Gasteiger partial charge in [0.25, 0.3) is 5.91 Å². The number of hydrogen-bond donors (Lipinski definition) is 1. The van der Waals surface area contributed by atoms with E-state index in [2.05, 4.69) is 5.32 Å². The third-order valence-corrected chi connectivity index (χ3v) is 5.71. The van der Waals surface area contributed by atoms with Crippen molar-refractivity contribution in [1.82, 2.24) is 0 Å². The summed E-state index contributed by atoms with van der Waals surface area (Å²) in [4.78, 5) is 51.9. The molecule has 0 spiro atoms. The van der Waals surface area contributed by atoms with Crippen LogP contribution in [-0.2, 0) is 19.1 Å². The lowest BCUT2D eigenvalue weighted by molar-refractivity contribution is -0.143. The zero-order valence-electron chi connectivity index (χ0n) is 18.8. The van der Waals surface area contributed by atoms with E-state index in [1.165, 1.54) is 6.08 Å². The first-order chi connectivity index (χ1) is 16.3. The molecule has 6 nitrogen and oxygen atoms in total. The number of ether oxygens (including phenoxy) is 1. The topological polar surface area (TPSA) is 89.5 Å². The SMILES string of the molecule is Cc1ccc(NC(=O)C(=O)[C@@H](C(=O)/C=C\c2ccccc2)[C@H]2OC(=O)c3ccccc32)c(C)c1. The van der Waals surface area contributed by atoms with Crippen LogP contribution >= 0.6 is 0 Å². The average Bonchev–Trinajstić information content (AvgIpc) is 3.16. The average molecular weight is 453 g/mol. The van der Waals surface area contributed by atoms with E-state index in [0.717, 1.165) is 16.7 Å². The highest BCUT2D eigenvalue weighted by atomic mass is 16.5. The van der Waals surface area contributed by atoms with Crippen LogP contribution in [0, 0.1) is 19.8 Å². The Morgan fingerprint density at radius 2 is 1.65 bits per heavy atom. The molecule has 1 N–H and O–H groups in total. The van der Waals surface area contributed by atoms with Gasteiger partial charge >= 0.3 is 5.97 Å². The summed E-state index contributed by atoms with van der Waals surface area (Å²) in [6.45, 7) is 3.73. The van der Waals surface area contributed by atoms with Gasteiger partial charge in [0.1, 0.15) is 12.0 Å². The molecule has 34 heavy (non-hydrogen) atoms. The Bertz CT molecular complexity index is 1310. The van der Waals surface area contributed by atoms with E-state index < -0.39 is 35.5 Å². The number of aryl methyl sites for hydroxylation is 2. The number of allylic oxidation sites excluding steroid dienone is 1. The quantitative estimate of drug-likeness (QED) is 0.244. The fourth-order valence-corrected chi connectivity index (χ4v) is 3.96. The summed E-state index contributed by atoms with van der Waals surface area (Å²) < 4.78 is 5.43. The summed E-state index contributed by atoms with van der Waals surface area (Å²) in [5, 5.41) is 2.60. The monoisotopic (exact) mass is 453 g/mol. The smallest absolute Gasteiger partial charge is 0.339 e. The van der Waals surface area contributed by atoms with E-state index in [1.807, 2.05) is 44.2 Å². The third kappa shape index (κ3) is 4.71. The fourth-order valence-electron chi connectivity index (χ4n) is 3.96. The van der Waals surface area contributed by atoms with Crippen LogP contribution in [0.1, 0.15) is 38.7 Å². The van der Waals surface area contributed by atoms with Crippen molar-refractivity contribution in [2.24, 2.45) is 5.92 Å². The van der Waals surface area contributed by atoms with Gasteiger partial charge in [-0.3, -0.25) is 14.4 Å². The van der Waals surface area contributed by atoms with Crippen LogP contribution in [0.15, 0.2) is 78.9 Å². The van der Waals surface area contributed by atoms with E-state index in [-0.39, 0.29) is 5.56 Å². The number of hydrogen-bond acceptors (Lipinski definition) is 5. The van der Waals surface area contributed by atoms with Gasteiger partial charge in [-0.05, 0) is 43.2 Å². The van der Waals surface area contributed by atoms with Crippen molar-refractivity contribution in [2.75, 3.05) is 5.32 Å². The third-order valence-electron chi connectivity index (χ3n) is 5.71. The van der Waals surface area contributed by atoms with Crippen LogP contribution in [0.2, 0.25) is 0 Å². The summed E-state index contributed by atoms with van der Waals surface area (Å²) in [5.74, 6) is -4.69. The summed E-state index contributed by atoms with van der Waals surface area (Å²) in [5.41, 5.74) is 3.71. The Morgan fingerprint density at radius 3 is 2.38 bits per heavy atom. The number of rotatable bonds is 7. The van der Waals surface area contributed by atoms with Crippen molar-refractivity contribution >= 4 is 35.2 Å². The van der Waals surface area contributed by atoms with Gasteiger partial charge < -0.3 is 10.1 Å². The van der Waals surface area contributed by atoms with Crippen LogP contribution in [0.4, 0.5) is 5.69 Å². The van der Waals surface area contributed by atoms with Crippen molar-refractivity contribution in [3.63, 3.8) is 0 Å². The number of cyclic esters (lactones) is 1. The minimum Gasteiger partial charge on any atom is -0.453 e. The van der Waals surface area contributed by atoms with Crippen molar-refractivity contribution in [3.8, 4) is 0 Å². The first kappa shape index (κ1) is 22.9. The number of ketones is 2. The number of amides is 1. The van der Waals surface area contributed by atoms with Crippen LogP contribution < -0.4 is 5.32 Å². The van der Waals surface area contributed by atoms with Gasteiger partial charge in [-0.15, -0.1) is 0 Å². The van der Waals surface area contributed by atoms with Gasteiger partial charge in [-0.2, -0.15) is 0 Å². The van der Waals surface area contributed by atoms with Crippen molar-refractivity contribution in [3.05, 3.63) is 107 Å². The second kappa shape index (κ2) is 9.67. The maximum Gasteiger partial charge on any atom is 0.339 e. The maximum absolute atomic E-state index is 13.3. The zero-order valence-corrected chi connectivity index (χ0v) is 18.8. The number of esters is 1. The van der Waals surface area contributed by atoms with Crippen LogP contribution in [-0.4, -0.2) is 23.4 Å². The lowest BCUT2D eigenvalue weighted by Crippen LogP contribution is -2.37. The molecule has 3 aromatic carbocycles. The number of nitrogens with one attached hydrogen (secondary N) is 1. The minimum atomic E-state index is -1.52. The minimum absolute atomic E-state index is 0.278. The Hall–Kier alpha value is -4.32. The first-order valence-electron chi connectivity index (χ1n) is 10.8. The summed E-state index contributed by atoms with van der Waals surface area (Å²) in [6, 6.07) is 21.0. The molecule has 3 aromatic rings. The van der Waals surface area contributed by atoms with Crippen LogP contribution in [0.25, 0.3) is 6.08 Å². The molecule has 0 saturated heterocycles. The van der Waals surface area contributed by atoms with E-state index in [9.17, 15) is 19.2 Å². The van der Waals surface area contributed by atoms with Gasteiger partial charge in [0.15, 0.2) is 5.78 Å². The Balaban J connectivity index is 1.66. The molecule has 0 saturated carbocycles. The molecular weight excluding hydrogens is 430 g/mol. The predicted octanol–water partition coefficient (Wildman–Crippen LogP) is 4.62. The second-order valence-corrected chi connectivity index (χ2v) is 8.17. The molecule has 2 atom stereocenters. The molecule has 0 aliphatic carbocycles. The highest BCUT2D eigenvalue weighted by Gasteiger charge is 2.45. The van der Waals surface area contributed by atoms with E-state index in [4.69, 9.17) is 4.74 Å². The van der Waals surface area contributed by atoms with Gasteiger partial charge in [0, 0.05) is 11.3 Å². The summed E-state index contributed by atoms with van der Waals surface area (Å²) in [6.07, 6.45) is 1.62. The first-order valence-corrected chi connectivity index (χ1v) is 10.8. The highest BCUT2D eigenvalue weighted by molar-refractivity contribution is 6.45. The zero-order chi connectivity index (χ0) is 24.2. The molecule has 0 bridgehead atoms. The molecule has 1 heterocycles. The number of anilines is 1. The Morgan fingerprint density at radius 1 is 0.941 bits per heavy atom. The van der Waals surface area contributed by atoms with E-state index in [1.54, 1.807) is 48.5 Å². The van der Waals surface area contributed by atoms with Crippen molar-refractivity contribution in [1.29, 1.82) is 0 Å². The normalized spacial score (nSPS) is 15.5. The largest absolute Gasteiger partial charge is 0.453 e. The molecule has 4 rings (SSSR count). The molecule has 1 amide bonds. The van der Waals surface area contributed by atoms with Gasteiger partial charge in [-0.25, -0.2) is 4.79 Å². The number of fused-ring (bicyclic) bond motifs is 1. The molecule has 0 aromatic heterocycles. The lowest BCUT2D eigenvalue weighted by Gasteiger charge is -2.20. The number of carbonyl (C=O) groups excluding carboxylic acids is 4. The fraction of sp³-hybridized carbons (Fsp3) is 0.143. The predicted molar refractivity (Wildman–Crippen MR) is 128 cm³/mol. The lowest BCUT2D eigenvalue weighted by atomic mass is 9.86. The van der Waals surface area contributed by atoms with Gasteiger partial charge in [0.05, 0.1) is 5.56 Å². The molecule has 0 fully saturated rings. The van der Waals surface area contributed by atoms with Crippen molar-refractivity contribution < 1.29 is 23.9 Å². The molecular formula is C28H23NO5. The Kier molecular flexibility index (Phi) is 6.50. The van der Waals surface area contributed by atoms with E-state index in [0.29, 0.717) is 11.3 Å². The summed E-state index contributed by atoms with van der Waals surface area (Å²) in [7, 11) is 0. The standard InChI is InChI=1S/C28H23NO5/c1-17-12-14-22(18(2)16-17)29-27(32)25(31)24(23(30)15-13-19-8-4-3-5-9-19)26-20-10-6-7-11-21(20)28(33)34-26/h3-16,24,26H,1-2H3,(H,29,32)/b15-13-/t24-,26+/m1/s1. The molecule has 0 unspecified atom stereocenters. The molecule has 0 radical (unpaired) electrons. The van der Waals surface area contributed by atoms with Gasteiger partial charge in [0.2, 0.25) is 5.78 Å². The second-order valence-electron chi connectivity index (χ2n) is 8.17. The van der Waals surface area contributed by atoms with Gasteiger partial charge in [-0.1, -0.05) is 72.3 Å². The summed E-state index contributed by atoms with van der Waals surface area (Å²) >= 11 is 0. The molecule has 170 valence electrons. The molecule has 1 aliphatic heterocycles. The van der Waals surface area contributed by atoms with Crippen LogP contribution in [0.3, 0.4) is 0 Å². The van der Waals surface area contributed by atoms with E-state index >= 15 is 0 Å². The van der Waals surface area contributed by atoms with Crippen molar-refractivity contribution in [2.45, 2.75) is 20.0 Å².